The SMILES string of the molecule is CCn1c(Cn2ccnc2)nnc1C1CCN(c2ncc(F)c(OC)n2)CC1. The molecule has 1 fully saturated rings. The minimum atomic E-state index is -0.553. The second kappa shape index (κ2) is 7.91. The topological polar surface area (TPSA) is 86.8 Å². The molecule has 9 nitrogen and oxygen atoms in total. The number of rotatable bonds is 6. The molecule has 1 aliphatic rings. The number of nitrogens with zero attached hydrogens (tertiary/aromatic N) is 8. The van der Waals surface area contributed by atoms with Gasteiger partial charge in [-0.1, -0.05) is 0 Å². The summed E-state index contributed by atoms with van der Waals surface area (Å²) in [5, 5.41) is 8.90. The molecule has 0 bridgehead atoms. The van der Waals surface area contributed by atoms with Crippen LogP contribution in [0.25, 0.3) is 0 Å². The molecule has 0 spiro atoms. The summed E-state index contributed by atoms with van der Waals surface area (Å²) < 4.78 is 22.7. The first-order chi connectivity index (χ1) is 13.7. The summed E-state index contributed by atoms with van der Waals surface area (Å²) in [6.07, 6.45) is 8.44. The molecule has 3 aromatic rings. The summed E-state index contributed by atoms with van der Waals surface area (Å²) in [5.41, 5.74) is 0. The molecule has 148 valence electrons. The third kappa shape index (κ3) is 3.54. The van der Waals surface area contributed by atoms with E-state index in [1.165, 1.54) is 7.11 Å². The Bertz CT molecular complexity index is 918. The van der Waals surface area contributed by atoms with E-state index in [1.807, 2.05) is 10.8 Å². The third-order valence-corrected chi connectivity index (χ3v) is 5.09. The van der Waals surface area contributed by atoms with Crippen LogP contribution in [0.15, 0.2) is 24.9 Å². The number of ether oxygens (including phenoxy) is 1. The number of piperidine rings is 1. The minimum absolute atomic E-state index is 0.0259. The van der Waals surface area contributed by atoms with Crippen molar-refractivity contribution in [2.75, 3.05) is 25.1 Å². The smallest absolute Gasteiger partial charge is 0.255 e. The van der Waals surface area contributed by atoms with Crippen LogP contribution in [-0.4, -0.2) is 54.5 Å². The van der Waals surface area contributed by atoms with Crippen molar-refractivity contribution in [2.24, 2.45) is 0 Å². The van der Waals surface area contributed by atoms with E-state index in [-0.39, 0.29) is 5.88 Å². The van der Waals surface area contributed by atoms with E-state index >= 15 is 0 Å². The highest BCUT2D eigenvalue weighted by molar-refractivity contribution is 5.33. The standard InChI is InChI=1S/C18H23FN8O/c1-3-27-15(11-25-9-6-20-12-25)23-24-16(27)13-4-7-26(8-5-13)18-21-10-14(19)17(22-18)28-2/h6,9-10,12-13H,3-5,7-8,11H2,1-2H3. The molecule has 4 heterocycles. The van der Waals surface area contributed by atoms with Crippen molar-refractivity contribution in [2.45, 2.75) is 38.8 Å². The van der Waals surface area contributed by atoms with Gasteiger partial charge < -0.3 is 18.8 Å². The van der Waals surface area contributed by atoms with Crippen molar-refractivity contribution < 1.29 is 9.13 Å². The maximum Gasteiger partial charge on any atom is 0.255 e. The average Bonchev–Trinajstić information content (AvgIpc) is 3.38. The Morgan fingerprint density at radius 1 is 1.25 bits per heavy atom. The monoisotopic (exact) mass is 386 g/mol. The van der Waals surface area contributed by atoms with E-state index in [1.54, 1.807) is 12.5 Å². The molecular formula is C18H23FN8O. The second-order valence-electron chi connectivity index (χ2n) is 6.74. The van der Waals surface area contributed by atoms with Crippen molar-refractivity contribution in [3.05, 3.63) is 42.4 Å². The number of aromatic nitrogens is 7. The molecule has 0 radical (unpaired) electrons. The Morgan fingerprint density at radius 2 is 2.07 bits per heavy atom. The molecule has 1 aliphatic heterocycles. The fourth-order valence-electron chi connectivity index (χ4n) is 3.63. The molecule has 0 saturated carbocycles. The molecule has 4 rings (SSSR count). The third-order valence-electron chi connectivity index (χ3n) is 5.09. The van der Waals surface area contributed by atoms with Crippen LogP contribution in [0.1, 0.15) is 37.3 Å². The summed E-state index contributed by atoms with van der Waals surface area (Å²) in [6, 6.07) is 0. The Kier molecular flexibility index (Phi) is 5.18. The first kappa shape index (κ1) is 18.3. The summed E-state index contributed by atoms with van der Waals surface area (Å²) in [5.74, 6) is 2.20. The highest BCUT2D eigenvalue weighted by atomic mass is 19.1. The predicted molar refractivity (Wildman–Crippen MR) is 99.8 cm³/mol. The van der Waals surface area contributed by atoms with Crippen molar-refractivity contribution in [3.8, 4) is 5.88 Å². The van der Waals surface area contributed by atoms with Crippen LogP contribution in [0, 0.1) is 5.82 Å². The van der Waals surface area contributed by atoms with Crippen molar-refractivity contribution in [1.29, 1.82) is 0 Å². The zero-order valence-electron chi connectivity index (χ0n) is 16.0. The van der Waals surface area contributed by atoms with E-state index in [2.05, 4.69) is 41.5 Å². The van der Waals surface area contributed by atoms with Gasteiger partial charge in [-0.15, -0.1) is 10.2 Å². The molecule has 0 N–H and O–H groups in total. The van der Waals surface area contributed by atoms with Gasteiger partial charge in [-0.2, -0.15) is 9.37 Å². The number of halogens is 1. The van der Waals surface area contributed by atoms with Gasteiger partial charge in [0.1, 0.15) is 5.82 Å². The minimum Gasteiger partial charge on any atom is -0.479 e. The lowest BCUT2D eigenvalue weighted by Gasteiger charge is -2.31. The first-order valence-corrected chi connectivity index (χ1v) is 9.38. The van der Waals surface area contributed by atoms with Crippen LogP contribution >= 0.6 is 0 Å². The number of anilines is 1. The lowest BCUT2D eigenvalue weighted by molar-refractivity contribution is 0.365. The van der Waals surface area contributed by atoms with E-state index in [0.29, 0.717) is 18.4 Å². The van der Waals surface area contributed by atoms with Crippen molar-refractivity contribution in [3.63, 3.8) is 0 Å². The molecule has 0 atom stereocenters. The average molecular weight is 386 g/mol. The summed E-state index contributed by atoms with van der Waals surface area (Å²) in [4.78, 5) is 14.4. The summed E-state index contributed by atoms with van der Waals surface area (Å²) >= 11 is 0. The number of hydrogen-bond donors (Lipinski definition) is 0. The molecule has 28 heavy (non-hydrogen) atoms. The van der Waals surface area contributed by atoms with Gasteiger partial charge in [-0.3, -0.25) is 0 Å². The Morgan fingerprint density at radius 3 is 2.75 bits per heavy atom. The molecule has 0 aliphatic carbocycles. The summed E-state index contributed by atoms with van der Waals surface area (Å²) in [7, 11) is 1.40. The van der Waals surface area contributed by atoms with E-state index in [9.17, 15) is 4.39 Å². The van der Waals surface area contributed by atoms with Crippen LogP contribution in [0.2, 0.25) is 0 Å². The Labute approximate surface area is 162 Å². The van der Waals surface area contributed by atoms with Crippen LogP contribution in [0.3, 0.4) is 0 Å². The largest absolute Gasteiger partial charge is 0.479 e. The van der Waals surface area contributed by atoms with Gasteiger partial charge in [-0.25, -0.2) is 9.97 Å². The van der Waals surface area contributed by atoms with Crippen LogP contribution in [0.4, 0.5) is 10.3 Å². The maximum absolute atomic E-state index is 13.5. The lowest BCUT2D eigenvalue weighted by Crippen LogP contribution is -2.35. The molecule has 0 aromatic carbocycles. The van der Waals surface area contributed by atoms with E-state index < -0.39 is 5.82 Å². The van der Waals surface area contributed by atoms with Gasteiger partial charge in [0.05, 0.1) is 26.2 Å². The van der Waals surface area contributed by atoms with Gasteiger partial charge in [-0.05, 0) is 19.8 Å². The number of methoxy groups -OCH3 is 1. The maximum atomic E-state index is 13.5. The van der Waals surface area contributed by atoms with Crippen molar-refractivity contribution >= 4 is 5.95 Å². The molecular weight excluding hydrogens is 363 g/mol. The lowest BCUT2D eigenvalue weighted by atomic mass is 9.96. The normalized spacial score (nSPS) is 15.2. The first-order valence-electron chi connectivity index (χ1n) is 9.38. The van der Waals surface area contributed by atoms with Gasteiger partial charge in [0, 0.05) is 37.9 Å². The molecule has 0 unspecified atom stereocenters. The van der Waals surface area contributed by atoms with Crippen LogP contribution < -0.4 is 9.64 Å². The van der Waals surface area contributed by atoms with E-state index in [4.69, 9.17) is 4.74 Å². The van der Waals surface area contributed by atoms with Gasteiger partial charge >= 0.3 is 0 Å². The zero-order chi connectivity index (χ0) is 19.5. The van der Waals surface area contributed by atoms with E-state index in [0.717, 1.165) is 50.3 Å². The fourth-order valence-corrected chi connectivity index (χ4v) is 3.63. The highest BCUT2D eigenvalue weighted by Gasteiger charge is 2.27. The Hall–Kier alpha value is -3.04. The highest BCUT2D eigenvalue weighted by Crippen LogP contribution is 2.29. The van der Waals surface area contributed by atoms with Gasteiger partial charge in [0.25, 0.3) is 5.88 Å². The second-order valence-corrected chi connectivity index (χ2v) is 6.74. The molecule has 0 amide bonds. The summed E-state index contributed by atoms with van der Waals surface area (Å²) in [6.45, 7) is 5.13. The van der Waals surface area contributed by atoms with Gasteiger partial charge in [0.2, 0.25) is 11.8 Å². The molecule has 3 aromatic heterocycles. The molecule has 1 saturated heterocycles. The molecule has 10 heteroatoms. The van der Waals surface area contributed by atoms with Gasteiger partial charge in [0.15, 0.2) is 5.82 Å². The predicted octanol–water partition coefficient (Wildman–Crippen LogP) is 1.86. The van der Waals surface area contributed by atoms with Crippen molar-refractivity contribution in [1.82, 2.24) is 34.3 Å². The quantitative estimate of drug-likeness (QED) is 0.639. The van der Waals surface area contributed by atoms with Crippen LogP contribution in [0.5, 0.6) is 5.88 Å². The number of imidazole rings is 1. The Balaban J connectivity index is 1.46. The number of hydrogen-bond acceptors (Lipinski definition) is 7. The van der Waals surface area contributed by atoms with Crippen LogP contribution in [-0.2, 0) is 13.1 Å². The fraction of sp³-hybridized carbons (Fsp3) is 0.500. The zero-order valence-corrected chi connectivity index (χ0v) is 16.0.